The van der Waals surface area contributed by atoms with E-state index >= 15 is 0 Å². The van der Waals surface area contributed by atoms with Gasteiger partial charge in [-0.1, -0.05) is 12.1 Å². The first-order valence-corrected chi connectivity index (χ1v) is 6.29. The molecule has 0 unspecified atom stereocenters. The van der Waals surface area contributed by atoms with Crippen LogP contribution in [0.25, 0.3) is 0 Å². The van der Waals surface area contributed by atoms with Crippen molar-refractivity contribution in [1.82, 2.24) is 0 Å². The summed E-state index contributed by atoms with van der Waals surface area (Å²) in [5, 5.41) is 8.78. The number of halogens is 1. The molecule has 18 heavy (non-hydrogen) atoms. The molecule has 4 heteroatoms. The Kier molecular flexibility index (Phi) is 3.76. The molecule has 0 bridgehead atoms. The molecule has 0 amide bonds. The van der Waals surface area contributed by atoms with Gasteiger partial charge in [-0.15, -0.1) is 0 Å². The Morgan fingerprint density at radius 2 is 1.17 bits per heavy atom. The van der Waals surface area contributed by atoms with Crippen LogP contribution in [-0.2, 0) is 0 Å². The number of ketones is 1. The van der Waals surface area contributed by atoms with Crippen molar-refractivity contribution in [3.8, 4) is 0 Å². The van der Waals surface area contributed by atoms with Crippen molar-refractivity contribution in [3.05, 3.63) is 68.8 Å². The molecule has 2 aromatic carbocycles. The van der Waals surface area contributed by atoms with Crippen LogP contribution in [-0.4, -0.2) is 16.9 Å². The molecule has 3 nitrogen and oxygen atoms in total. The van der Waals surface area contributed by atoms with Crippen LogP contribution in [0.5, 0.6) is 0 Å². The topological polar surface area (TPSA) is 54.4 Å². The van der Waals surface area contributed by atoms with Crippen molar-refractivity contribution in [2.75, 3.05) is 0 Å². The first-order chi connectivity index (χ1) is 8.58. The maximum atomic E-state index is 12.1. The Morgan fingerprint density at radius 3 is 1.61 bits per heavy atom. The number of hydrogen-bond donors (Lipinski definition) is 1. The lowest BCUT2D eigenvalue weighted by atomic mass is 10.0. The number of carboxylic acids is 1. The zero-order valence-corrected chi connectivity index (χ0v) is 11.4. The molecule has 0 aliphatic rings. The normalized spacial score (nSPS) is 10.1. The molecular formula is C14H9IO3. The lowest BCUT2D eigenvalue weighted by Gasteiger charge is -2.02. The van der Waals surface area contributed by atoms with Gasteiger partial charge >= 0.3 is 5.97 Å². The second-order valence-electron chi connectivity index (χ2n) is 3.72. The fourth-order valence-electron chi connectivity index (χ4n) is 1.53. The minimum absolute atomic E-state index is 0.108. The van der Waals surface area contributed by atoms with Crippen LogP contribution >= 0.6 is 22.6 Å². The summed E-state index contributed by atoms with van der Waals surface area (Å²) in [6.45, 7) is 0. The van der Waals surface area contributed by atoms with E-state index in [-0.39, 0.29) is 11.3 Å². The van der Waals surface area contributed by atoms with E-state index in [0.717, 1.165) is 3.57 Å². The van der Waals surface area contributed by atoms with Gasteiger partial charge in [-0.25, -0.2) is 4.79 Å². The summed E-state index contributed by atoms with van der Waals surface area (Å²) in [5.41, 5.74) is 1.26. The third kappa shape index (κ3) is 2.76. The second-order valence-corrected chi connectivity index (χ2v) is 4.96. The maximum Gasteiger partial charge on any atom is 0.335 e. The van der Waals surface area contributed by atoms with E-state index in [0.29, 0.717) is 11.1 Å². The summed E-state index contributed by atoms with van der Waals surface area (Å²) in [7, 11) is 0. The van der Waals surface area contributed by atoms with E-state index in [2.05, 4.69) is 22.6 Å². The first kappa shape index (κ1) is 12.8. The molecule has 0 saturated heterocycles. The van der Waals surface area contributed by atoms with Crippen molar-refractivity contribution in [3.63, 3.8) is 0 Å². The van der Waals surface area contributed by atoms with Gasteiger partial charge in [-0.3, -0.25) is 4.79 Å². The molecule has 0 fully saturated rings. The third-order valence-corrected chi connectivity index (χ3v) is 3.22. The van der Waals surface area contributed by atoms with E-state index in [9.17, 15) is 9.59 Å². The highest BCUT2D eigenvalue weighted by Crippen LogP contribution is 2.13. The van der Waals surface area contributed by atoms with Crippen LogP contribution in [0.4, 0.5) is 0 Å². The first-order valence-electron chi connectivity index (χ1n) is 5.21. The summed E-state index contributed by atoms with van der Waals surface area (Å²) in [6, 6.07) is 13.2. The van der Waals surface area contributed by atoms with E-state index in [1.54, 1.807) is 12.1 Å². The summed E-state index contributed by atoms with van der Waals surface area (Å²) in [4.78, 5) is 22.8. The molecule has 0 atom stereocenters. The van der Waals surface area contributed by atoms with Crippen LogP contribution < -0.4 is 0 Å². The van der Waals surface area contributed by atoms with E-state index < -0.39 is 5.97 Å². The maximum absolute atomic E-state index is 12.1. The fourth-order valence-corrected chi connectivity index (χ4v) is 1.89. The Hall–Kier alpha value is -1.69. The number of benzene rings is 2. The van der Waals surface area contributed by atoms with Gasteiger partial charge in [0.2, 0.25) is 0 Å². The summed E-state index contributed by atoms with van der Waals surface area (Å²) in [6.07, 6.45) is 0. The van der Waals surface area contributed by atoms with Gasteiger partial charge in [0.25, 0.3) is 0 Å². The number of aromatic carboxylic acids is 1. The van der Waals surface area contributed by atoms with E-state index in [1.165, 1.54) is 24.3 Å². The average Bonchev–Trinajstić information content (AvgIpc) is 2.39. The molecule has 2 aromatic rings. The van der Waals surface area contributed by atoms with Crippen molar-refractivity contribution in [2.24, 2.45) is 0 Å². The summed E-state index contributed by atoms with van der Waals surface area (Å²) < 4.78 is 1.06. The smallest absolute Gasteiger partial charge is 0.335 e. The molecule has 0 aliphatic heterocycles. The molecule has 0 radical (unpaired) electrons. The van der Waals surface area contributed by atoms with Gasteiger partial charge in [-0.2, -0.15) is 0 Å². The minimum atomic E-state index is -0.997. The van der Waals surface area contributed by atoms with Crippen LogP contribution in [0.2, 0.25) is 0 Å². The van der Waals surface area contributed by atoms with Crippen LogP contribution in [0.1, 0.15) is 26.3 Å². The number of carbonyl (C=O) groups is 2. The monoisotopic (exact) mass is 352 g/mol. The molecule has 0 spiro atoms. The largest absolute Gasteiger partial charge is 0.478 e. The molecular weight excluding hydrogens is 343 g/mol. The van der Waals surface area contributed by atoms with Crippen molar-refractivity contribution < 1.29 is 14.7 Å². The van der Waals surface area contributed by atoms with E-state index in [1.807, 2.05) is 12.1 Å². The quantitative estimate of drug-likeness (QED) is 0.682. The summed E-state index contributed by atoms with van der Waals surface area (Å²) >= 11 is 2.17. The highest BCUT2D eigenvalue weighted by atomic mass is 127. The molecule has 0 saturated carbocycles. The zero-order chi connectivity index (χ0) is 13.1. The molecule has 0 aromatic heterocycles. The van der Waals surface area contributed by atoms with Gasteiger partial charge in [0, 0.05) is 14.7 Å². The predicted molar refractivity (Wildman–Crippen MR) is 76.0 cm³/mol. The van der Waals surface area contributed by atoms with E-state index in [4.69, 9.17) is 5.11 Å². The molecule has 0 aliphatic carbocycles. The minimum Gasteiger partial charge on any atom is -0.478 e. The van der Waals surface area contributed by atoms with Crippen molar-refractivity contribution in [1.29, 1.82) is 0 Å². The Bertz CT molecular complexity index is 585. The molecule has 2 rings (SSSR count). The van der Waals surface area contributed by atoms with Gasteiger partial charge in [0.05, 0.1) is 5.56 Å². The summed E-state index contributed by atoms with van der Waals surface area (Å²) in [5.74, 6) is -1.10. The average molecular weight is 352 g/mol. The lowest BCUT2D eigenvalue weighted by molar-refractivity contribution is 0.0696. The fraction of sp³-hybridized carbons (Fsp3) is 0. The van der Waals surface area contributed by atoms with Gasteiger partial charge in [0.15, 0.2) is 5.78 Å². The number of rotatable bonds is 3. The molecule has 0 heterocycles. The van der Waals surface area contributed by atoms with Crippen LogP contribution in [0.15, 0.2) is 48.5 Å². The Morgan fingerprint density at radius 1 is 0.778 bits per heavy atom. The van der Waals surface area contributed by atoms with Crippen molar-refractivity contribution >= 4 is 34.3 Å². The number of hydrogen-bond acceptors (Lipinski definition) is 2. The molecule has 90 valence electrons. The van der Waals surface area contributed by atoms with Gasteiger partial charge < -0.3 is 5.11 Å². The second kappa shape index (κ2) is 5.30. The SMILES string of the molecule is O=C(O)c1ccc(C(=O)c2ccc(I)cc2)cc1. The standard InChI is InChI=1S/C14H9IO3/c15-12-7-5-10(6-8-12)13(16)9-1-3-11(4-2-9)14(17)18/h1-8H,(H,17,18). The van der Waals surface area contributed by atoms with Gasteiger partial charge in [-0.05, 0) is 59.0 Å². The Labute approximate surface area is 118 Å². The highest BCUT2D eigenvalue weighted by Gasteiger charge is 2.10. The van der Waals surface area contributed by atoms with Crippen LogP contribution in [0.3, 0.4) is 0 Å². The number of carbonyl (C=O) groups excluding carboxylic acids is 1. The lowest BCUT2D eigenvalue weighted by Crippen LogP contribution is -2.02. The predicted octanol–water partition coefficient (Wildman–Crippen LogP) is 3.22. The zero-order valence-electron chi connectivity index (χ0n) is 9.26. The Balaban J connectivity index is 2.28. The van der Waals surface area contributed by atoms with Gasteiger partial charge in [0.1, 0.15) is 0 Å². The highest BCUT2D eigenvalue weighted by molar-refractivity contribution is 14.1. The van der Waals surface area contributed by atoms with Crippen LogP contribution in [0, 0.1) is 3.57 Å². The number of carboxylic acid groups (broad SMARTS) is 1. The third-order valence-electron chi connectivity index (χ3n) is 2.50. The molecule has 1 N–H and O–H groups in total. The van der Waals surface area contributed by atoms with Crippen molar-refractivity contribution in [2.45, 2.75) is 0 Å².